The van der Waals surface area contributed by atoms with Crippen molar-refractivity contribution in [3.05, 3.63) is 17.6 Å². The van der Waals surface area contributed by atoms with E-state index in [1.165, 1.54) is 6.42 Å². The first-order valence-corrected chi connectivity index (χ1v) is 8.22. The van der Waals surface area contributed by atoms with Crippen LogP contribution in [0.5, 0.6) is 0 Å². The van der Waals surface area contributed by atoms with E-state index >= 15 is 0 Å². The molecule has 5 nitrogen and oxygen atoms in total. The van der Waals surface area contributed by atoms with Gasteiger partial charge in [0.25, 0.3) is 0 Å². The molecule has 1 unspecified atom stereocenters. The van der Waals surface area contributed by atoms with Gasteiger partial charge in [0, 0.05) is 31.4 Å². The molecule has 1 N–H and O–H groups in total. The third-order valence-corrected chi connectivity index (χ3v) is 3.69. The van der Waals surface area contributed by atoms with Gasteiger partial charge in [0.2, 0.25) is 0 Å². The molecule has 0 spiro atoms. The highest BCUT2D eigenvalue weighted by atomic mass is 16.5. The lowest BCUT2D eigenvalue weighted by Crippen LogP contribution is -2.39. The monoisotopic (exact) mass is 292 g/mol. The summed E-state index contributed by atoms with van der Waals surface area (Å²) < 4.78 is 5.91. The Labute approximate surface area is 128 Å². The average molecular weight is 292 g/mol. The smallest absolute Gasteiger partial charge is 0.161 e. The van der Waals surface area contributed by atoms with Crippen LogP contribution in [0.4, 0.5) is 5.82 Å². The van der Waals surface area contributed by atoms with Gasteiger partial charge in [-0.1, -0.05) is 20.8 Å². The van der Waals surface area contributed by atoms with Crippen molar-refractivity contribution in [1.29, 1.82) is 0 Å². The first-order chi connectivity index (χ1) is 10.3. The van der Waals surface area contributed by atoms with Gasteiger partial charge in [0.1, 0.15) is 11.9 Å². The maximum atomic E-state index is 5.91. The maximum Gasteiger partial charge on any atom is 0.161 e. The van der Waals surface area contributed by atoms with Crippen LogP contribution < -0.4 is 5.32 Å². The van der Waals surface area contributed by atoms with E-state index in [4.69, 9.17) is 4.74 Å². The fourth-order valence-electron chi connectivity index (χ4n) is 2.56. The molecule has 1 aromatic rings. The summed E-state index contributed by atoms with van der Waals surface area (Å²) in [7, 11) is 0. The summed E-state index contributed by atoms with van der Waals surface area (Å²) in [4.78, 5) is 11.8. The van der Waals surface area contributed by atoms with Gasteiger partial charge in [0.05, 0.1) is 6.61 Å². The summed E-state index contributed by atoms with van der Waals surface area (Å²) in [6.45, 7) is 11.2. The molecule has 2 rings (SSSR count). The number of rotatable bonds is 7. The molecule has 0 amide bonds. The SMILES string of the molecule is CCCNc1cc(CC)nc(C2CN(CCC)CCO2)n1. The topological polar surface area (TPSA) is 50.3 Å². The van der Waals surface area contributed by atoms with Crippen LogP contribution in [-0.4, -0.2) is 47.7 Å². The predicted molar refractivity (Wildman–Crippen MR) is 85.6 cm³/mol. The lowest BCUT2D eigenvalue weighted by Gasteiger charge is -2.32. The number of anilines is 1. The Hall–Kier alpha value is -1.20. The summed E-state index contributed by atoms with van der Waals surface area (Å²) in [6, 6.07) is 2.05. The molecule has 1 atom stereocenters. The van der Waals surface area contributed by atoms with Crippen LogP contribution in [0.2, 0.25) is 0 Å². The molecule has 0 aromatic carbocycles. The predicted octanol–water partition coefficient (Wildman–Crippen LogP) is 2.64. The number of morpholine rings is 1. The molecule has 118 valence electrons. The van der Waals surface area contributed by atoms with Crippen LogP contribution in [0.1, 0.15) is 51.2 Å². The van der Waals surface area contributed by atoms with Crippen molar-refractivity contribution in [2.75, 3.05) is 38.1 Å². The summed E-state index contributed by atoms with van der Waals surface area (Å²) in [6.07, 6.45) is 3.18. The number of aryl methyl sites for hydroxylation is 1. The molecule has 1 aliphatic heterocycles. The van der Waals surface area contributed by atoms with Gasteiger partial charge < -0.3 is 10.1 Å². The highest BCUT2D eigenvalue weighted by molar-refractivity contribution is 5.36. The zero-order valence-corrected chi connectivity index (χ0v) is 13.6. The molecule has 1 aliphatic rings. The van der Waals surface area contributed by atoms with Crippen LogP contribution in [0.15, 0.2) is 6.07 Å². The first-order valence-electron chi connectivity index (χ1n) is 8.22. The number of nitrogens with one attached hydrogen (secondary N) is 1. The normalized spacial score (nSPS) is 19.7. The Balaban J connectivity index is 2.13. The Morgan fingerprint density at radius 3 is 2.86 bits per heavy atom. The second kappa shape index (κ2) is 8.29. The van der Waals surface area contributed by atoms with Gasteiger partial charge in [0.15, 0.2) is 5.82 Å². The molecule has 1 aromatic heterocycles. The van der Waals surface area contributed by atoms with Crippen molar-refractivity contribution in [2.24, 2.45) is 0 Å². The third-order valence-electron chi connectivity index (χ3n) is 3.69. The van der Waals surface area contributed by atoms with Crippen molar-refractivity contribution >= 4 is 5.82 Å². The fourth-order valence-corrected chi connectivity index (χ4v) is 2.56. The third kappa shape index (κ3) is 4.64. The van der Waals surface area contributed by atoms with Crippen molar-refractivity contribution in [1.82, 2.24) is 14.9 Å². The molecule has 5 heteroatoms. The summed E-state index contributed by atoms with van der Waals surface area (Å²) in [5, 5.41) is 3.36. The van der Waals surface area contributed by atoms with E-state index in [1.807, 2.05) is 6.07 Å². The lowest BCUT2D eigenvalue weighted by atomic mass is 10.2. The minimum absolute atomic E-state index is 0.000948. The van der Waals surface area contributed by atoms with Crippen LogP contribution in [0, 0.1) is 0 Å². The molecule has 2 heterocycles. The van der Waals surface area contributed by atoms with Crippen molar-refractivity contribution in [3.63, 3.8) is 0 Å². The zero-order valence-electron chi connectivity index (χ0n) is 13.6. The number of hydrogen-bond acceptors (Lipinski definition) is 5. The zero-order chi connectivity index (χ0) is 15.1. The quantitative estimate of drug-likeness (QED) is 0.837. The second-order valence-corrected chi connectivity index (χ2v) is 5.54. The summed E-state index contributed by atoms with van der Waals surface area (Å²) in [5.41, 5.74) is 1.08. The average Bonchev–Trinajstić information content (AvgIpc) is 2.53. The van der Waals surface area contributed by atoms with E-state index in [9.17, 15) is 0 Å². The lowest BCUT2D eigenvalue weighted by molar-refractivity contribution is -0.0342. The van der Waals surface area contributed by atoms with Crippen LogP contribution >= 0.6 is 0 Å². The molecular weight excluding hydrogens is 264 g/mol. The highest BCUT2D eigenvalue weighted by Crippen LogP contribution is 2.21. The van der Waals surface area contributed by atoms with Gasteiger partial charge in [-0.05, 0) is 25.8 Å². The molecule has 21 heavy (non-hydrogen) atoms. The van der Waals surface area contributed by atoms with Crippen molar-refractivity contribution in [3.8, 4) is 0 Å². The minimum atomic E-state index is -0.000948. The van der Waals surface area contributed by atoms with E-state index in [2.05, 4.69) is 41.0 Å². The Morgan fingerprint density at radius 1 is 1.29 bits per heavy atom. The minimum Gasteiger partial charge on any atom is -0.370 e. The van der Waals surface area contributed by atoms with Crippen LogP contribution in [0.25, 0.3) is 0 Å². The highest BCUT2D eigenvalue weighted by Gasteiger charge is 2.24. The number of aromatic nitrogens is 2. The molecule has 1 saturated heterocycles. The molecule has 0 saturated carbocycles. The van der Waals surface area contributed by atoms with Gasteiger partial charge in [-0.3, -0.25) is 4.90 Å². The van der Waals surface area contributed by atoms with Gasteiger partial charge in [-0.15, -0.1) is 0 Å². The number of nitrogens with zero attached hydrogens (tertiary/aromatic N) is 3. The molecule has 0 radical (unpaired) electrons. The maximum absolute atomic E-state index is 5.91. The molecule has 0 aliphatic carbocycles. The Morgan fingerprint density at radius 2 is 2.14 bits per heavy atom. The second-order valence-electron chi connectivity index (χ2n) is 5.54. The Bertz CT molecular complexity index is 436. The summed E-state index contributed by atoms with van der Waals surface area (Å²) in [5.74, 6) is 1.75. The van der Waals surface area contributed by atoms with E-state index in [0.717, 1.165) is 63.0 Å². The fraction of sp³-hybridized carbons (Fsp3) is 0.750. The molecular formula is C16H28N4O. The number of ether oxygens (including phenoxy) is 1. The first kappa shape index (κ1) is 16.2. The van der Waals surface area contributed by atoms with Crippen LogP contribution in [0.3, 0.4) is 0 Å². The Kier molecular flexibility index (Phi) is 6.39. The largest absolute Gasteiger partial charge is 0.370 e. The number of hydrogen-bond donors (Lipinski definition) is 1. The van der Waals surface area contributed by atoms with E-state index in [-0.39, 0.29) is 6.10 Å². The van der Waals surface area contributed by atoms with Crippen molar-refractivity contribution < 1.29 is 4.74 Å². The standard InChI is InChI=1S/C16H28N4O/c1-4-7-17-15-11-13(6-3)18-16(19-15)14-12-20(8-5-2)9-10-21-14/h11,14H,4-10,12H2,1-3H3,(H,17,18,19). The van der Waals surface area contributed by atoms with E-state index < -0.39 is 0 Å². The van der Waals surface area contributed by atoms with Crippen LogP contribution in [-0.2, 0) is 11.2 Å². The van der Waals surface area contributed by atoms with Gasteiger partial charge in [-0.2, -0.15) is 0 Å². The van der Waals surface area contributed by atoms with Gasteiger partial charge >= 0.3 is 0 Å². The van der Waals surface area contributed by atoms with E-state index in [1.54, 1.807) is 0 Å². The molecule has 1 fully saturated rings. The van der Waals surface area contributed by atoms with Crippen molar-refractivity contribution in [2.45, 2.75) is 46.1 Å². The summed E-state index contributed by atoms with van der Waals surface area (Å²) >= 11 is 0. The van der Waals surface area contributed by atoms with E-state index in [0.29, 0.717) is 0 Å². The van der Waals surface area contributed by atoms with Gasteiger partial charge in [-0.25, -0.2) is 9.97 Å². The molecule has 0 bridgehead atoms.